The van der Waals surface area contributed by atoms with E-state index in [1.165, 1.54) is 57.9 Å². The highest BCUT2D eigenvalue weighted by Crippen LogP contribution is 2.28. The fraction of sp³-hybridized carbons (Fsp3) is 0.536. The van der Waals surface area contributed by atoms with Gasteiger partial charge in [-0.1, -0.05) is 106 Å². The number of nitrogens with zero attached hydrogens (tertiary/aromatic N) is 1. The largest absolute Gasteiger partial charge is 1.00 e. The molecule has 0 atom stereocenters. The number of halogens is 1. The Hall–Kier alpha value is -1.73. The molecule has 192 valence electrons. The van der Waals surface area contributed by atoms with Crippen molar-refractivity contribution < 1.29 is 41.6 Å². The van der Waals surface area contributed by atoms with E-state index in [0.717, 1.165) is 11.0 Å². The fourth-order valence-corrected chi connectivity index (χ4v) is 3.82. The van der Waals surface area contributed by atoms with Crippen LogP contribution < -0.4 is 22.1 Å². The molecule has 0 saturated carbocycles. The zero-order valence-electron chi connectivity index (χ0n) is 21.1. The number of likely N-dealkylation sites (N-methyl/N-ethyl adjacent to an activating group) is 1. The molecule has 0 heterocycles. The van der Waals surface area contributed by atoms with E-state index < -0.39 is 11.6 Å². The Bertz CT molecular complexity index is 729. The van der Waals surface area contributed by atoms with Crippen molar-refractivity contribution in [2.45, 2.75) is 63.9 Å². The zero-order valence-corrected chi connectivity index (χ0v) is 22.7. The molecule has 0 fully saturated rings. The lowest BCUT2D eigenvalue weighted by Crippen LogP contribution is -3.00. The Morgan fingerprint density at radius 3 is 1.59 bits per heavy atom. The van der Waals surface area contributed by atoms with Crippen LogP contribution in [0.4, 0.5) is 0 Å². The molecule has 0 amide bonds. The maximum absolute atomic E-state index is 11.3. The summed E-state index contributed by atoms with van der Waals surface area (Å²) in [5.74, 6) is -1.53. The molecule has 0 spiro atoms. The Balaban J connectivity index is 0.000000624. The van der Waals surface area contributed by atoms with E-state index in [4.69, 9.17) is 5.11 Å². The fourth-order valence-electron chi connectivity index (χ4n) is 3.82. The number of carboxylic acids is 1. The minimum absolute atomic E-state index is 0. The van der Waals surface area contributed by atoms with Gasteiger partial charge < -0.3 is 41.6 Å². The van der Waals surface area contributed by atoms with Crippen molar-refractivity contribution in [3.8, 4) is 0 Å². The predicted molar refractivity (Wildman–Crippen MR) is 132 cm³/mol. The van der Waals surface area contributed by atoms with Gasteiger partial charge in [-0.15, -0.1) is 0 Å². The Morgan fingerprint density at radius 1 is 0.794 bits per heavy atom. The summed E-state index contributed by atoms with van der Waals surface area (Å²) < 4.78 is 0.965. The molecule has 5 nitrogen and oxygen atoms in total. The van der Waals surface area contributed by atoms with Crippen LogP contribution in [0.1, 0.15) is 69.4 Å². The van der Waals surface area contributed by atoms with E-state index in [-0.39, 0.29) is 28.1 Å². The second kappa shape index (κ2) is 17.7. The quantitative estimate of drug-likeness (QED) is 0.277. The molecule has 2 N–H and O–H groups in total. The van der Waals surface area contributed by atoms with Crippen LogP contribution in [-0.4, -0.2) is 54.5 Å². The number of quaternary nitrogens is 1. The van der Waals surface area contributed by atoms with Gasteiger partial charge >= 0.3 is 0 Å². The van der Waals surface area contributed by atoms with Crippen LogP contribution >= 0.6 is 0 Å². The molecule has 2 aromatic rings. The van der Waals surface area contributed by atoms with Crippen molar-refractivity contribution in [1.82, 2.24) is 0 Å². The number of carbonyl (C=O) groups excluding carboxylic acids is 1. The molecule has 0 saturated heterocycles. The molecule has 2 aromatic carbocycles. The summed E-state index contributed by atoms with van der Waals surface area (Å²) in [7, 11) is 4.41. The van der Waals surface area contributed by atoms with Crippen LogP contribution in [0.2, 0.25) is 0 Å². The lowest BCUT2D eigenvalue weighted by Gasteiger charge is -2.30. The number of unbranched alkanes of at least 4 members (excludes halogenated alkanes) is 7. The van der Waals surface area contributed by atoms with Gasteiger partial charge in [-0.05, 0) is 24.0 Å². The third-order valence-electron chi connectivity index (χ3n) is 6.00. The van der Waals surface area contributed by atoms with E-state index in [2.05, 4.69) is 21.0 Å². The monoisotopic (exact) mass is 536 g/mol. The average Bonchev–Trinajstić information content (AvgIpc) is 2.81. The van der Waals surface area contributed by atoms with Crippen LogP contribution in [0.5, 0.6) is 0 Å². The van der Waals surface area contributed by atoms with Crippen molar-refractivity contribution in [2.24, 2.45) is 0 Å². The number of rotatable bonds is 14. The number of carboxylic acid groups (broad SMARTS) is 1. The first-order valence-electron chi connectivity index (χ1n) is 12.3. The number of carbonyl (C=O) groups is 1. The highest BCUT2D eigenvalue weighted by molar-refractivity contribution is 5.81. The standard InChI is InChI=1S/C14H32NO.C14H12O3.BrH/c1-4-5-6-7-8-9-10-11-12-15(2,3)13-14-16;15-13(16)14(17,11-7-3-1-4-8-11)12-9-5-2-6-10-12;/h16H,4-14H2,1-3H3;1-10,17H,(H,15,16);1H/q+1;;/p-2. The molecule has 0 bridgehead atoms. The van der Waals surface area contributed by atoms with Gasteiger partial charge in [-0.3, -0.25) is 0 Å². The van der Waals surface area contributed by atoms with Crippen LogP contribution in [0.25, 0.3) is 0 Å². The maximum atomic E-state index is 11.3. The number of benzene rings is 2. The van der Waals surface area contributed by atoms with Gasteiger partial charge in [0.2, 0.25) is 0 Å². The van der Waals surface area contributed by atoms with E-state index in [1.807, 2.05) is 0 Å². The first-order chi connectivity index (χ1) is 15.8. The van der Waals surface area contributed by atoms with Gasteiger partial charge in [-0.25, -0.2) is 0 Å². The van der Waals surface area contributed by atoms with Crippen molar-refractivity contribution in [3.63, 3.8) is 0 Å². The maximum Gasteiger partial charge on any atom is 0.154 e. The van der Waals surface area contributed by atoms with E-state index in [9.17, 15) is 15.0 Å². The molecule has 0 aliphatic heterocycles. The van der Waals surface area contributed by atoms with Gasteiger partial charge in [0, 0.05) is 0 Å². The van der Waals surface area contributed by atoms with Crippen molar-refractivity contribution in [2.75, 3.05) is 33.8 Å². The predicted octanol–water partition coefficient (Wildman–Crippen LogP) is 0.872. The smallest absolute Gasteiger partial charge is 0.154 e. The second-order valence-electron chi connectivity index (χ2n) is 9.31. The Morgan fingerprint density at radius 2 is 1.21 bits per heavy atom. The Labute approximate surface area is 216 Å². The van der Waals surface area contributed by atoms with Crippen LogP contribution in [-0.2, 0) is 10.4 Å². The molecule has 0 aliphatic carbocycles. The summed E-state index contributed by atoms with van der Waals surface area (Å²) >= 11 is 0. The zero-order chi connectivity index (χ0) is 24.6. The van der Waals surface area contributed by atoms with E-state index in [0.29, 0.717) is 6.61 Å². The summed E-state index contributed by atoms with van der Waals surface area (Å²) in [6, 6.07) is 16.4. The molecular weight excluding hydrogens is 494 g/mol. The van der Waals surface area contributed by atoms with Crippen molar-refractivity contribution >= 4 is 5.97 Å². The van der Waals surface area contributed by atoms with Crippen molar-refractivity contribution in [1.29, 1.82) is 0 Å². The average molecular weight is 538 g/mol. The van der Waals surface area contributed by atoms with Gasteiger partial charge in [0.15, 0.2) is 5.60 Å². The van der Waals surface area contributed by atoms with Crippen molar-refractivity contribution in [3.05, 3.63) is 71.8 Å². The normalized spacial score (nSPS) is 11.2. The molecule has 0 unspecified atom stereocenters. The molecule has 34 heavy (non-hydrogen) atoms. The molecule has 0 aliphatic rings. The lowest BCUT2D eigenvalue weighted by molar-refractivity contribution is -0.890. The molecule has 0 aromatic heterocycles. The number of aliphatic hydroxyl groups is 2. The van der Waals surface area contributed by atoms with Crippen LogP contribution in [0, 0.1) is 0 Å². The highest BCUT2D eigenvalue weighted by atomic mass is 79.9. The Kier molecular flexibility index (Phi) is 16.8. The summed E-state index contributed by atoms with van der Waals surface area (Å²) in [6.45, 7) is 4.66. The lowest BCUT2D eigenvalue weighted by atomic mass is 9.86. The van der Waals surface area contributed by atoms with Gasteiger partial charge in [0.25, 0.3) is 0 Å². The van der Waals surface area contributed by atoms with E-state index >= 15 is 0 Å². The number of aliphatic carboxylic acids is 1. The molecule has 6 heteroatoms. The first-order valence-corrected chi connectivity index (χ1v) is 12.3. The third kappa shape index (κ3) is 11.6. The summed E-state index contributed by atoms with van der Waals surface area (Å²) in [5, 5.41) is 30.5. The third-order valence-corrected chi connectivity index (χ3v) is 6.00. The van der Waals surface area contributed by atoms with Crippen LogP contribution in [0.3, 0.4) is 0 Å². The second-order valence-corrected chi connectivity index (χ2v) is 9.31. The van der Waals surface area contributed by atoms with Gasteiger partial charge in [-0.2, -0.15) is 0 Å². The highest BCUT2D eigenvalue weighted by Gasteiger charge is 2.32. The first kappa shape index (κ1) is 32.3. The molecular formula is C28H43BrNO4-. The van der Waals surface area contributed by atoms with Crippen LogP contribution in [0.15, 0.2) is 60.7 Å². The van der Waals surface area contributed by atoms with Gasteiger partial charge in [0.05, 0.1) is 33.2 Å². The minimum atomic E-state index is -2.11. The SMILES string of the molecule is CCCCCCCCCC[N+](C)(C)CCO.O=C([O-])C(O)(c1ccccc1)c1ccccc1.[Br-]. The topological polar surface area (TPSA) is 80.6 Å². The van der Waals surface area contributed by atoms with E-state index in [1.54, 1.807) is 60.7 Å². The minimum Gasteiger partial charge on any atom is -1.00 e. The molecule has 2 rings (SSSR count). The molecule has 0 radical (unpaired) electrons. The van der Waals surface area contributed by atoms with Gasteiger partial charge in [0.1, 0.15) is 6.54 Å². The summed E-state index contributed by atoms with van der Waals surface area (Å²) in [6.07, 6.45) is 11.1. The summed E-state index contributed by atoms with van der Waals surface area (Å²) in [5.41, 5.74) is -1.54. The number of hydrogen-bond donors (Lipinski definition) is 2. The number of hydrogen-bond acceptors (Lipinski definition) is 4. The number of aliphatic hydroxyl groups excluding tert-OH is 1. The summed E-state index contributed by atoms with van der Waals surface area (Å²) in [4.78, 5) is 11.3.